The molecular formula is C13H19ClN2O4. The van der Waals surface area contributed by atoms with Crippen LogP contribution in [0.4, 0.5) is 0 Å². The standard InChI is InChI=1S/C13H19ClN2O4/c1-4-9-11(14)10(16(5-2)15-9)7-8(12(17)18)13(19)20-6-3/h8H,4-7H2,1-3H3,(H,17,18). The molecule has 1 heterocycles. The van der Waals surface area contributed by atoms with E-state index in [1.807, 2.05) is 13.8 Å². The van der Waals surface area contributed by atoms with Crippen LogP contribution in [-0.4, -0.2) is 33.4 Å². The predicted molar refractivity (Wildman–Crippen MR) is 73.8 cm³/mol. The molecule has 1 unspecified atom stereocenters. The lowest BCUT2D eigenvalue weighted by Gasteiger charge is -2.12. The van der Waals surface area contributed by atoms with Gasteiger partial charge in [-0.15, -0.1) is 0 Å². The molecule has 0 saturated carbocycles. The van der Waals surface area contributed by atoms with Gasteiger partial charge in [-0.2, -0.15) is 5.10 Å². The maximum Gasteiger partial charge on any atom is 0.320 e. The zero-order chi connectivity index (χ0) is 15.3. The molecule has 6 nitrogen and oxygen atoms in total. The molecule has 0 saturated heterocycles. The smallest absolute Gasteiger partial charge is 0.320 e. The van der Waals surface area contributed by atoms with Crippen molar-refractivity contribution in [1.29, 1.82) is 0 Å². The van der Waals surface area contributed by atoms with Gasteiger partial charge in [-0.1, -0.05) is 18.5 Å². The Morgan fingerprint density at radius 2 is 2.05 bits per heavy atom. The number of hydrogen-bond acceptors (Lipinski definition) is 4. The maximum atomic E-state index is 11.7. The largest absolute Gasteiger partial charge is 0.481 e. The van der Waals surface area contributed by atoms with Crippen molar-refractivity contribution in [3.05, 3.63) is 16.4 Å². The van der Waals surface area contributed by atoms with Gasteiger partial charge >= 0.3 is 11.9 Å². The predicted octanol–water partition coefficient (Wildman–Crippen LogP) is 1.93. The highest BCUT2D eigenvalue weighted by molar-refractivity contribution is 6.32. The van der Waals surface area contributed by atoms with Crippen LogP contribution in [0.2, 0.25) is 5.02 Å². The molecule has 1 rings (SSSR count). The molecule has 0 spiro atoms. The molecule has 112 valence electrons. The highest BCUT2D eigenvalue weighted by Crippen LogP contribution is 2.24. The zero-order valence-corrected chi connectivity index (χ0v) is 12.6. The Labute approximate surface area is 122 Å². The number of carbonyl (C=O) groups is 2. The third kappa shape index (κ3) is 3.50. The molecule has 1 atom stereocenters. The molecule has 1 aromatic heterocycles. The van der Waals surface area contributed by atoms with Crippen molar-refractivity contribution in [2.75, 3.05) is 6.61 Å². The van der Waals surface area contributed by atoms with Crippen molar-refractivity contribution in [2.45, 2.75) is 40.2 Å². The number of carboxylic acid groups (broad SMARTS) is 1. The van der Waals surface area contributed by atoms with Gasteiger partial charge in [0.25, 0.3) is 0 Å². The first-order valence-electron chi connectivity index (χ1n) is 6.59. The minimum absolute atomic E-state index is 0.0200. The maximum absolute atomic E-state index is 11.7. The van der Waals surface area contributed by atoms with Gasteiger partial charge in [-0.3, -0.25) is 14.3 Å². The Hall–Kier alpha value is -1.56. The van der Waals surface area contributed by atoms with Gasteiger partial charge in [0.2, 0.25) is 0 Å². The van der Waals surface area contributed by atoms with Crippen LogP contribution >= 0.6 is 11.6 Å². The Morgan fingerprint density at radius 3 is 2.50 bits per heavy atom. The van der Waals surface area contributed by atoms with Gasteiger partial charge in [-0.05, 0) is 20.3 Å². The number of aromatic nitrogens is 2. The lowest BCUT2D eigenvalue weighted by Crippen LogP contribution is -2.29. The van der Waals surface area contributed by atoms with Crippen LogP contribution in [0.25, 0.3) is 0 Å². The van der Waals surface area contributed by atoms with Crippen molar-refractivity contribution in [2.24, 2.45) is 5.92 Å². The first kappa shape index (κ1) is 16.5. The average Bonchev–Trinajstić information content (AvgIpc) is 2.71. The van der Waals surface area contributed by atoms with Crippen molar-refractivity contribution in [3.63, 3.8) is 0 Å². The van der Waals surface area contributed by atoms with E-state index in [1.165, 1.54) is 0 Å². The summed E-state index contributed by atoms with van der Waals surface area (Å²) in [6.07, 6.45) is 0.629. The fourth-order valence-corrected chi connectivity index (χ4v) is 2.27. The first-order valence-corrected chi connectivity index (χ1v) is 6.97. The van der Waals surface area contributed by atoms with Crippen LogP contribution in [0.15, 0.2) is 0 Å². The number of rotatable bonds is 7. The van der Waals surface area contributed by atoms with E-state index < -0.39 is 17.9 Å². The summed E-state index contributed by atoms with van der Waals surface area (Å²) in [5, 5.41) is 13.9. The third-order valence-corrected chi connectivity index (χ3v) is 3.40. The Morgan fingerprint density at radius 1 is 1.40 bits per heavy atom. The van der Waals surface area contributed by atoms with E-state index in [2.05, 4.69) is 5.10 Å². The van der Waals surface area contributed by atoms with E-state index >= 15 is 0 Å². The molecule has 0 bridgehead atoms. The summed E-state index contributed by atoms with van der Waals surface area (Å²) in [6.45, 7) is 6.13. The third-order valence-electron chi connectivity index (χ3n) is 2.96. The van der Waals surface area contributed by atoms with E-state index in [0.717, 1.165) is 0 Å². The number of nitrogens with zero attached hydrogens (tertiary/aromatic N) is 2. The van der Waals surface area contributed by atoms with Crippen LogP contribution in [0.5, 0.6) is 0 Å². The van der Waals surface area contributed by atoms with E-state index in [-0.39, 0.29) is 13.0 Å². The van der Waals surface area contributed by atoms with Crippen LogP contribution < -0.4 is 0 Å². The molecule has 0 aliphatic heterocycles. The minimum atomic E-state index is -1.26. The summed E-state index contributed by atoms with van der Waals surface area (Å²) >= 11 is 6.21. The second-order valence-electron chi connectivity index (χ2n) is 4.22. The quantitative estimate of drug-likeness (QED) is 0.615. The van der Waals surface area contributed by atoms with E-state index in [9.17, 15) is 14.7 Å². The number of esters is 1. The highest BCUT2D eigenvalue weighted by Gasteiger charge is 2.31. The molecule has 0 amide bonds. The summed E-state index contributed by atoms with van der Waals surface area (Å²) in [6, 6.07) is 0. The van der Waals surface area contributed by atoms with Crippen LogP contribution in [0.1, 0.15) is 32.2 Å². The van der Waals surface area contributed by atoms with Gasteiger partial charge in [-0.25, -0.2) is 0 Å². The molecule has 20 heavy (non-hydrogen) atoms. The molecule has 0 radical (unpaired) electrons. The average molecular weight is 303 g/mol. The zero-order valence-electron chi connectivity index (χ0n) is 11.9. The van der Waals surface area contributed by atoms with Gasteiger partial charge in [0.1, 0.15) is 0 Å². The number of aliphatic carboxylic acids is 1. The van der Waals surface area contributed by atoms with Crippen molar-refractivity contribution >= 4 is 23.5 Å². The minimum Gasteiger partial charge on any atom is -0.481 e. The Balaban J connectivity index is 3.08. The molecule has 0 fully saturated rings. The van der Waals surface area contributed by atoms with E-state index in [4.69, 9.17) is 16.3 Å². The van der Waals surface area contributed by atoms with Crippen LogP contribution in [-0.2, 0) is 33.7 Å². The summed E-state index contributed by atoms with van der Waals surface area (Å²) in [4.78, 5) is 22.9. The number of aryl methyl sites for hydroxylation is 2. The van der Waals surface area contributed by atoms with Gasteiger partial charge in [0.15, 0.2) is 5.92 Å². The first-order chi connectivity index (χ1) is 9.46. The molecule has 7 heteroatoms. The monoisotopic (exact) mass is 302 g/mol. The summed E-state index contributed by atoms with van der Waals surface area (Å²) in [5.41, 5.74) is 1.27. The molecule has 0 aromatic carbocycles. The normalized spacial score (nSPS) is 12.2. The topological polar surface area (TPSA) is 81.4 Å². The van der Waals surface area contributed by atoms with Crippen molar-refractivity contribution in [1.82, 2.24) is 9.78 Å². The lowest BCUT2D eigenvalue weighted by molar-refractivity contribution is -0.158. The summed E-state index contributed by atoms with van der Waals surface area (Å²) < 4.78 is 6.43. The SMILES string of the molecule is CCOC(=O)C(Cc1c(Cl)c(CC)nn1CC)C(=O)O. The fourth-order valence-electron chi connectivity index (χ4n) is 1.92. The lowest BCUT2D eigenvalue weighted by atomic mass is 10.0. The number of carboxylic acids is 1. The molecule has 1 N–H and O–H groups in total. The van der Waals surface area contributed by atoms with Crippen LogP contribution in [0, 0.1) is 5.92 Å². The van der Waals surface area contributed by atoms with E-state index in [0.29, 0.717) is 29.4 Å². The van der Waals surface area contributed by atoms with Gasteiger partial charge in [0, 0.05) is 13.0 Å². The van der Waals surface area contributed by atoms with Crippen molar-refractivity contribution < 1.29 is 19.4 Å². The number of ether oxygens (including phenoxy) is 1. The number of halogens is 1. The molecule has 1 aromatic rings. The Bertz CT molecular complexity index is 499. The fraction of sp³-hybridized carbons (Fsp3) is 0.615. The molecular weight excluding hydrogens is 284 g/mol. The molecule has 0 aliphatic carbocycles. The number of carbonyl (C=O) groups excluding carboxylic acids is 1. The van der Waals surface area contributed by atoms with Crippen LogP contribution in [0.3, 0.4) is 0 Å². The van der Waals surface area contributed by atoms with Gasteiger partial charge < -0.3 is 9.84 Å². The highest BCUT2D eigenvalue weighted by atomic mass is 35.5. The molecule has 0 aliphatic rings. The van der Waals surface area contributed by atoms with Gasteiger partial charge in [0.05, 0.1) is 23.0 Å². The number of hydrogen-bond donors (Lipinski definition) is 1. The second kappa shape index (κ2) is 7.28. The summed E-state index contributed by atoms with van der Waals surface area (Å²) in [5.74, 6) is -3.24. The van der Waals surface area contributed by atoms with E-state index in [1.54, 1.807) is 11.6 Å². The second-order valence-corrected chi connectivity index (χ2v) is 4.60. The summed E-state index contributed by atoms with van der Waals surface area (Å²) in [7, 11) is 0. The Kier molecular flexibility index (Phi) is 6.01. The van der Waals surface area contributed by atoms with Crippen molar-refractivity contribution in [3.8, 4) is 0 Å².